The number of likely N-dealkylation sites (tertiary alicyclic amines) is 1. The van der Waals surface area contributed by atoms with Gasteiger partial charge < -0.3 is 14.6 Å². The van der Waals surface area contributed by atoms with Crippen molar-refractivity contribution >= 4 is 28.2 Å². The number of H-pyrrole nitrogens is 1. The first-order valence-electron chi connectivity index (χ1n) is 15.4. The van der Waals surface area contributed by atoms with Crippen LogP contribution in [-0.2, 0) is 4.79 Å². The van der Waals surface area contributed by atoms with E-state index < -0.39 is 11.7 Å². The molecule has 1 unspecified atom stereocenters. The van der Waals surface area contributed by atoms with Crippen LogP contribution in [0.2, 0.25) is 0 Å². The molecule has 0 spiro atoms. The number of fused-ring (bicyclic) bond motifs is 1. The van der Waals surface area contributed by atoms with Crippen molar-refractivity contribution in [2.75, 3.05) is 20.2 Å². The van der Waals surface area contributed by atoms with Crippen molar-refractivity contribution in [3.8, 4) is 17.6 Å². The number of carbonyl (C=O) groups excluding carboxylic acids is 2. The van der Waals surface area contributed by atoms with Crippen LogP contribution in [0.1, 0.15) is 80.5 Å². The minimum absolute atomic E-state index is 0.239. The largest absolute Gasteiger partial charge is 0.494 e. The lowest BCUT2D eigenvalue weighted by Gasteiger charge is -2.28. The van der Waals surface area contributed by atoms with E-state index in [2.05, 4.69) is 52.1 Å². The minimum atomic E-state index is -0.594. The zero-order valence-corrected chi connectivity index (χ0v) is 26.0. The zero-order valence-electron chi connectivity index (χ0n) is 26.0. The van der Waals surface area contributed by atoms with Crippen LogP contribution >= 0.6 is 0 Å². The van der Waals surface area contributed by atoms with Gasteiger partial charge in [0.05, 0.1) is 29.8 Å². The van der Waals surface area contributed by atoms with Gasteiger partial charge in [-0.25, -0.2) is 14.6 Å². The first-order chi connectivity index (χ1) is 21.4. The normalized spacial score (nSPS) is 13.8. The fraction of sp³-hybridized carbons (Fsp3) is 0.412. The molecule has 1 saturated heterocycles. The second-order valence-electron chi connectivity index (χ2n) is 11.1. The number of benzene rings is 1. The Kier molecular flexibility index (Phi) is 9.85. The fourth-order valence-electron chi connectivity index (χ4n) is 5.70. The molecule has 5 rings (SSSR count). The first-order valence-corrected chi connectivity index (χ1v) is 15.4. The second kappa shape index (κ2) is 14.1. The third-order valence-electron chi connectivity index (χ3n) is 8.08. The van der Waals surface area contributed by atoms with Gasteiger partial charge in [-0.15, -0.1) is 0 Å². The van der Waals surface area contributed by atoms with E-state index in [4.69, 9.17) is 9.58 Å². The molecule has 0 radical (unpaired) electrons. The summed E-state index contributed by atoms with van der Waals surface area (Å²) in [6.45, 7) is 7.06. The van der Waals surface area contributed by atoms with Crippen molar-refractivity contribution in [1.82, 2.24) is 29.6 Å². The number of nitrogens with zero attached hydrogens (tertiary/aromatic N) is 6. The summed E-state index contributed by atoms with van der Waals surface area (Å²) in [7, 11) is 1.51. The molecule has 0 saturated carbocycles. The number of hydrogen-bond acceptors (Lipinski definition) is 6. The molecule has 1 aliphatic rings. The average Bonchev–Trinajstić information content (AvgIpc) is 3.70. The summed E-state index contributed by atoms with van der Waals surface area (Å²) in [4.78, 5) is 45.5. The van der Waals surface area contributed by atoms with Crippen LogP contribution in [0.3, 0.4) is 0 Å². The number of rotatable bonds is 10. The van der Waals surface area contributed by atoms with Crippen LogP contribution in [0.4, 0.5) is 0 Å². The summed E-state index contributed by atoms with van der Waals surface area (Å²) in [5, 5.41) is 4.83. The molecule has 1 aromatic carbocycles. The second-order valence-corrected chi connectivity index (χ2v) is 11.1. The molecule has 1 atom stereocenters. The maximum absolute atomic E-state index is 13.6. The minimum Gasteiger partial charge on any atom is -0.494 e. The van der Waals surface area contributed by atoms with E-state index in [-0.39, 0.29) is 11.6 Å². The van der Waals surface area contributed by atoms with E-state index >= 15 is 0 Å². The highest BCUT2D eigenvalue weighted by Crippen LogP contribution is 2.33. The van der Waals surface area contributed by atoms with Gasteiger partial charge in [-0.2, -0.15) is 5.10 Å². The first kappa shape index (κ1) is 30.7. The molecule has 1 amide bonds. The highest BCUT2D eigenvalue weighted by Gasteiger charge is 2.31. The van der Waals surface area contributed by atoms with Gasteiger partial charge in [0.25, 0.3) is 17.7 Å². The summed E-state index contributed by atoms with van der Waals surface area (Å²) < 4.78 is 7.06. The molecule has 228 valence electrons. The number of pyridine rings is 1. The van der Waals surface area contributed by atoms with E-state index in [1.807, 2.05) is 18.2 Å². The van der Waals surface area contributed by atoms with E-state index in [1.165, 1.54) is 23.6 Å². The third kappa shape index (κ3) is 6.57. The standard InChI is InChI=1S/C34H39N7O3/c1-5-7-14-26(11-6-2)35-19-27(24-12-9-8-10-13-24)25-15-17-40(18-16-25)34(43)32(42)28-20-36-31-30(28)29(44-4)21-37-33(31)41-22-38-23(3)39-41/h8-10,12-13,20-22,26H,5-7,11,14-18H2,1-4H3/p+1. The maximum atomic E-state index is 13.6. The number of ketones is 1. The quantitative estimate of drug-likeness (QED) is 0.129. The van der Waals surface area contributed by atoms with Gasteiger partial charge in [-0.1, -0.05) is 55.4 Å². The van der Waals surface area contributed by atoms with Crippen LogP contribution in [0.5, 0.6) is 5.75 Å². The molecule has 10 nitrogen and oxygen atoms in total. The van der Waals surface area contributed by atoms with Gasteiger partial charge in [0.2, 0.25) is 0 Å². The van der Waals surface area contributed by atoms with E-state index in [0.717, 1.165) is 43.2 Å². The number of unbranched alkanes of at least 4 members (excludes halogenated alkanes) is 1. The number of amides is 1. The number of piperidine rings is 1. The van der Waals surface area contributed by atoms with Gasteiger partial charge in [-0.05, 0) is 43.7 Å². The van der Waals surface area contributed by atoms with E-state index in [9.17, 15) is 9.59 Å². The number of carbonyl (C=O) groups is 2. The Balaban J connectivity index is 1.38. The molecule has 4 heterocycles. The SMILES string of the molecule is CCCCC(CCC)[N+]#CC(=C1CCN(C(=O)C(=O)c2c[nH]c3c(-n4cnc(C)n4)ncc(OC)c23)CC1)c1ccccc1. The van der Waals surface area contributed by atoms with Gasteiger partial charge >= 0.3 is 6.07 Å². The monoisotopic (exact) mass is 594 g/mol. The molecule has 0 aliphatic carbocycles. The van der Waals surface area contributed by atoms with Crippen LogP contribution in [0.25, 0.3) is 27.1 Å². The van der Waals surface area contributed by atoms with Crippen molar-refractivity contribution in [2.45, 2.75) is 71.8 Å². The smallest absolute Gasteiger partial charge is 0.312 e. The van der Waals surface area contributed by atoms with Crippen LogP contribution < -0.4 is 4.74 Å². The molecular weight excluding hydrogens is 554 g/mol. The molecule has 4 aromatic rings. The topological polar surface area (TPSA) is 110 Å². The summed E-state index contributed by atoms with van der Waals surface area (Å²) >= 11 is 0. The molecule has 1 fully saturated rings. The fourth-order valence-corrected chi connectivity index (χ4v) is 5.70. The summed E-state index contributed by atoms with van der Waals surface area (Å²) in [5.41, 5.74) is 4.06. The molecule has 1 aliphatic heterocycles. The number of Topliss-reactive ketones (excluding diaryl/α,β-unsaturated/α-hetero) is 1. The number of hydrogen-bond donors (Lipinski definition) is 1. The van der Waals surface area contributed by atoms with Crippen molar-refractivity contribution in [1.29, 1.82) is 0 Å². The number of methoxy groups -OCH3 is 1. The van der Waals surface area contributed by atoms with Crippen LogP contribution in [-0.4, -0.2) is 67.6 Å². The van der Waals surface area contributed by atoms with Crippen LogP contribution in [0, 0.1) is 13.0 Å². The number of allylic oxidation sites excluding steroid dienone is 1. The van der Waals surface area contributed by atoms with Gasteiger partial charge in [0.15, 0.2) is 5.82 Å². The predicted molar refractivity (Wildman–Crippen MR) is 171 cm³/mol. The van der Waals surface area contributed by atoms with Gasteiger partial charge in [0, 0.05) is 32.1 Å². The van der Waals surface area contributed by atoms with E-state index in [1.54, 1.807) is 24.3 Å². The van der Waals surface area contributed by atoms with Crippen molar-refractivity contribution in [3.63, 3.8) is 0 Å². The lowest BCUT2D eigenvalue weighted by molar-refractivity contribution is -0.126. The Morgan fingerprint density at radius 2 is 1.86 bits per heavy atom. The molecule has 0 bridgehead atoms. The van der Waals surface area contributed by atoms with Crippen molar-refractivity contribution < 1.29 is 14.3 Å². The maximum Gasteiger partial charge on any atom is 0.312 e. The molecule has 44 heavy (non-hydrogen) atoms. The zero-order chi connectivity index (χ0) is 31.1. The molecule has 1 N–H and O–H groups in total. The predicted octanol–water partition coefficient (Wildman–Crippen LogP) is 6.41. The number of aromatic nitrogens is 5. The van der Waals surface area contributed by atoms with E-state index in [0.29, 0.717) is 54.2 Å². The van der Waals surface area contributed by atoms with Crippen LogP contribution in [0.15, 0.2) is 54.6 Å². The average molecular weight is 595 g/mol. The molecule has 3 aromatic heterocycles. The molecular formula is C34H40N7O3+. The Bertz CT molecular complexity index is 1720. The number of nitrogens with one attached hydrogen (secondary N) is 1. The highest BCUT2D eigenvalue weighted by atomic mass is 16.5. The van der Waals surface area contributed by atoms with Gasteiger partial charge in [0.1, 0.15) is 23.5 Å². The Labute approximate surface area is 258 Å². The lowest BCUT2D eigenvalue weighted by atomic mass is 9.93. The summed E-state index contributed by atoms with van der Waals surface area (Å²) in [6.07, 6.45) is 11.4. The van der Waals surface area contributed by atoms with Gasteiger partial charge in [-0.3, -0.25) is 9.59 Å². The summed E-state index contributed by atoms with van der Waals surface area (Å²) in [5.74, 6) is 0.309. The Morgan fingerprint density at radius 1 is 1.09 bits per heavy atom. The Hall–Kier alpha value is -4.78. The molecule has 10 heteroatoms. The lowest BCUT2D eigenvalue weighted by Crippen LogP contribution is -2.40. The Morgan fingerprint density at radius 3 is 2.52 bits per heavy atom. The van der Waals surface area contributed by atoms with Crippen molar-refractivity contribution in [2.24, 2.45) is 0 Å². The number of aromatic amines is 1. The highest BCUT2D eigenvalue weighted by molar-refractivity contribution is 6.45. The number of ether oxygens (including phenoxy) is 1. The van der Waals surface area contributed by atoms with Crippen molar-refractivity contribution in [3.05, 3.63) is 76.4 Å². The number of aryl methyl sites for hydroxylation is 1. The third-order valence-corrected chi connectivity index (χ3v) is 8.08. The summed E-state index contributed by atoms with van der Waals surface area (Å²) in [6, 6.07) is 13.9.